The molecule has 0 heterocycles. The van der Waals surface area contributed by atoms with Crippen LogP contribution in [0.4, 0.5) is 0 Å². The minimum absolute atomic E-state index is 1.20. The number of hydrogen-bond acceptors (Lipinski definition) is 0. The van der Waals surface area contributed by atoms with Crippen molar-refractivity contribution >= 4 is 0 Å². The van der Waals surface area contributed by atoms with E-state index in [0.29, 0.717) is 0 Å². The summed E-state index contributed by atoms with van der Waals surface area (Å²) in [7, 11) is 0. The Labute approximate surface area is 102 Å². The average molecular weight is 222 g/mol. The van der Waals surface area contributed by atoms with Gasteiger partial charge in [0.1, 0.15) is 0 Å². The van der Waals surface area contributed by atoms with Gasteiger partial charge < -0.3 is 0 Å². The van der Waals surface area contributed by atoms with Crippen LogP contribution in [0.15, 0.2) is 0 Å². The molecule has 0 radical (unpaired) electrons. The molecule has 0 N–H and O–H groups in total. The lowest BCUT2D eigenvalue weighted by molar-refractivity contribution is 0.146. The molecule has 4 saturated carbocycles. The van der Waals surface area contributed by atoms with Crippen molar-refractivity contribution in [1.29, 1.82) is 0 Å². The van der Waals surface area contributed by atoms with Crippen LogP contribution in [0.25, 0.3) is 0 Å². The second kappa shape index (κ2) is 5.10. The summed E-state index contributed by atoms with van der Waals surface area (Å²) in [5.41, 5.74) is 0. The van der Waals surface area contributed by atoms with Crippen molar-refractivity contribution in [2.75, 3.05) is 0 Å². The molecule has 4 fully saturated rings. The molecule has 4 bridgehead atoms. The first-order valence-corrected chi connectivity index (χ1v) is 7.93. The van der Waals surface area contributed by atoms with E-state index in [2.05, 4.69) is 0 Å². The number of fused-ring (bicyclic) bond motifs is 9. The molecule has 0 aromatic carbocycles. The summed E-state index contributed by atoms with van der Waals surface area (Å²) in [5, 5.41) is 0. The summed E-state index contributed by atoms with van der Waals surface area (Å²) in [6.07, 6.45) is 9.71. The molecule has 0 amide bonds. The van der Waals surface area contributed by atoms with Gasteiger partial charge in [-0.15, -0.1) is 0 Å². The van der Waals surface area contributed by atoms with Gasteiger partial charge in [0.25, 0.3) is 0 Å². The van der Waals surface area contributed by atoms with E-state index in [1.54, 1.807) is 38.5 Å². The third-order valence-corrected chi connectivity index (χ3v) is 5.65. The van der Waals surface area contributed by atoms with E-state index >= 15 is 0 Å². The summed E-state index contributed by atoms with van der Waals surface area (Å²) < 4.78 is 0. The van der Waals surface area contributed by atoms with E-state index in [1.165, 1.54) is 35.5 Å². The molecule has 0 spiro atoms. The van der Waals surface area contributed by atoms with Gasteiger partial charge in [0.2, 0.25) is 0 Å². The highest BCUT2D eigenvalue weighted by Gasteiger charge is 2.59. The van der Waals surface area contributed by atoms with Crippen molar-refractivity contribution in [3.05, 3.63) is 0 Å². The van der Waals surface area contributed by atoms with E-state index in [9.17, 15) is 0 Å². The second-order valence-electron chi connectivity index (χ2n) is 5.82. The first kappa shape index (κ1) is 12.5. The quantitative estimate of drug-likeness (QED) is 0.498. The molecule has 4 rings (SSSR count). The molecule has 4 unspecified atom stereocenters. The molecule has 0 nitrogen and oxygen atoms in total. The van der Waals surface area contributed by atoms with E-state index in [1.807, 2.05) is 27.7 Å². The van der Waals surface area contributed by atoms with Crippen molar-refractivity contribution in [3.63, 3.8) is 0 Å². The average Bonchev–Trinajstić information content (AvgIpc) is 3.13. The molecule has 0 saturated heterocycles. The van der Waals surface area contributed by atoms with Gasteiger partial charge in [0.05, 0.1) is 0 Å². The largest absolute Gasteiger partial charge is 0.0683 e. The van der Waals surface area contributed by atoms with Crippen LogP contribution >= 0.6 is 0 Å². The summed E-state index contributed by atoms with van der Waals surface area (Å²) in [6, 6.07) is 0. The third-order valence-electron chi connectivity index (χ3n) is 5.65. The summed E-state index contributed by atoms with van der Waals surface area (Å²) >= 11 is 0. The Morgan fingerprint density at radius 3 is 1.00 bits per heavy atom. The lowest BCUT2D eigenvalue weighted by atomic mass is 9.71. The highest BCUT2D eigenvalue weighted by Crippen LogP contribution is 2.67. The van der Waals surface area contributed by atoms with Crippen LogP contribution in [-0.2, 0) is 0 Å². The van der Waals surface area contributed by atoms with Gasteiger partial charge in [-0.1, -0.05) is 27.7 Å². The molecule has 0 heteroatoms. The summed E-state index contributed by atoms with van der Waals surface area (Å²) in [6.45, 7) is 8.00. The van der Waals surface area contributed by atoms with Crippen LogP contribution in [-0.4, -0.2) is 0 Å². The van der Waals surface area contributed by atoms with Crippen molar-refractivity contribution < 1.29 is 0 Å². The minimum atomic E-state index is 1.20. The van der Waals surface area contributed by atoms with Crippen molar-refractivity contribution in [2.24, 2.45) is 35.5 Å². The molecule has 4 aliphatic carbocycles. The fourth-order valence-corrected chi connectivity index (χ4v) is 5.53. The van der Waals surface area contributed by atoms with Crippen LogP contribution in [0, 0.1) is 35.5 Å². The Morgan fingerprint density at radius 1 is 0.500 bits per heavy atom. The molecule has 4 atom stereocenters. The predicted octanol–water partition coefficient (Wildman–Crippen LogP) is 5.13. The van der Waals surface area contributed by atoms with Gasteiger partial charge in [0, 0.05) is 0 Å². The van der Waals surface area contributed by atoms with Crippen LogP contribution in [0.2, 0.25) is 0 Å². The monoisotopic (exact) mass is 222 g/mol. The number of rotatable bonds is 0. The second-order valence-corrected chi connectivity index (χ2v) is 5.82. The molecule has 16 heavy (non-hydrogen) atoms. The Morgan fingerprint density at radius 2 is 0.750 bits per heavy atom. The minimum Gasteiger partial charge on any atom is -0.0683 e. The Hall–Kier alpha value is 0. The van der Waals surface area contributed by atoms with Crippen LogP contribution in [0.3, 0.4) is 0 Å². The van der Waals surface area contributed by atoms with Crippen molar-refractivity contribution in [3.8, 4) is 0 Å². The fourth-order valence-electron chi connectivity index (χ4n) is 5.53. The maximum Gasteiger partial charge on any atom is -0.0323 e. The molecule has 94 valence electrons. The zero-order chi connectivity index (χ0) is 11.7. The van der Waals surface area contributed by atoms with E-state index in [4.69, 9.17) is 0 Å². The topological polar surface area (TPSA) is 0 Å². The standard InChI is InChI=1S/C12H18.2C2H6/c1-2-8-5-7(1)11-9-3-4-10(6-9)12(8)11;2*1-2/h7-12H,1-6H2;2*1-2H3. The van der Waals surface area contributed by atoms with Gasteiger partial charge in [-0.2, -0.15) is 0 Å². The maximum atomic E-state index is 2.00. The van der Waals surface area contributed by atoms with E-state index in [-0.39, 0.29) is 0 Å². The predicted molar refractivity (Wildman–Crippen MR) is 71.3 cm³/mol. The zero-order valence-electron chi connectivity index (χ0n) is 11.7. The van der Waals surface area contributed by atoms with Crippen LogP contribution < -0.4 is 0 Å². The van der Waals surface area contributed by atoms with Crippen LogP contribution in [0.5, 0.6) is 0 Å². The Bertz CT molecular complexity index is 176. The Kier molecular flexibility index (Phi) is 3.97. The lowest BCUT2D eigenvalue weighted by Gasteiger charge is -2.34. The van der Waals surface area contributed by atoms with Gasteiger partial charge in [-0.3, -0.25) is 0 Å². The first-order valence-electron chi connectivity index (χ1n) is 7.93. The number of hydrogen-bond donors (Lipinski definition) is 0. The lowest BCUT2D eigenvalue weighted by Crippen LogP contribution is -2.27. The molecule has 0 aromatic rings. The SMILES string of the molecule is C1CC2CC1C1C3CCC(C3)C21.CC.CC. The van der Waals surface area contributed by atoms with E-state index < -0.39 is 0 Å². The highest BCUT2D eigenvalue weighted by atomic mass is 14.6. The van der Waals surface area contributed by atoms with Gasteiger partial charge in [0.15, 0.2) is 0 Å². The highest BCUT2D eigenvalue weighted by molar-refractivity contribution is 5.08. The smallest absolute Gasteiger partial charge is 0.0323 e. The molecule has 0 aliphatic heterocycles. The first-order chi connectivity index (χ1) is 7.93. The van der Waals surface area contributed by atoms with Crippen molar-refractivity contribution in [1.82, 2.24) is 0 Å². The van der Waals surface area contributed by atoms with Crippen molar-refractivity contribution in [2.45, 2.75) is 66.2 Å². The summed E-state index contributed by atoms with van der Waals surface area (Å²) in [4.78, 5) is 0. The van der Waals surface area contributed by atoms with Gasteiger partial charge in [-0.05, 0) is 74.0 Å². The zero-order valence-corrected chi connectivity index (χ0v) is 11.7. The fraction of sp³-hybridized carbons (Fsp3) is 1.00. The van der Waals surface area contributed by atoms with Gasteiger partial charge in [-0.25, -0.2) is 0 Å². The Balaban J connectivity index is 0.000000221. The molecular weight excluding hydrogens is 192 g/mol. The third kappa shape index (κ3) is 1.64. The maximum absolute atomic E-state index is 2.00. The van der Waals surface area contributed by atoms with Gasteiger partial charge >= 0.3 is 0 Å². The van der Waals surface area contributed by atoms with Crippen LogP contribution in [0.1, 0.15) is 66.2 Å². The van der Waals surface area contributed by atoms with E-state index in [0.717, 1.165) is 0 Å². The normalized spacial score (nSPS) is 50.2. The molecule has 4 aliphatic rings. The molecule has 0 aromatic heterocycles. The molecular formula is C16H30. The summed E-state index contributed by atoms with van der Waals surface area (Å²) in [5.74, 6) is 7.29.